The molecule has 1 aromatic carbocycles. The molecule has 0 atom stereocenters. The number of nitrogens with two attached hydrogens (primary N) is 1. The minimum atomic E-state index is 0.754. The van der Waals surface area contributed by atoms with Gasteiger partial charge in [0.2, 0.25) is 0 Å². The van der Waals surface area contributed by atoms with Crippen molar-refractivity contribution in [2.75, 3.05) is 12.8 Å². The molecule has 94 valence electrons. The van der Waals surface area contributed by atoms with E-state index in [4.69, 9.17) is 5.73 Å². The molecule has 0 aliphatic heterocycles. The first-order chi connectivity index (χ1) is 8.15. The lowest BCUT2D eigenvalue weighted by molar-refractivity contribution is 0.184. The number of rotatable bonds is 3. The highest BCUT2D eigenvalue weighted by Gasteiger charge is 2.17. The Morgan fingerprint density at radius 3 is 2.59 bits per heavy atom. The van der Waals surface area contributed by atoms with Gasteiger partial charge in [-0.25, -0.2) is 0 Å². The topological polar surface area (TPSA) is 29.3 Å². The first-order valence-electron chi connectivity index (χ1n) is 6.40. The molecule has 0 bridgehead atoms. The molecular formula is C14H21BrN2. The molecule has 0 amide bonds. The van der Waals surface area contributed by atoms with Gasteiger partial charge in [-0.05, 0) is 43.7 Å². The van der Waals surface area contributed by atoms with E-state index in [1.165, 1.54) is 37.7 Å². The van der Waals surface area contributed by atoms with Crippen molar-refractivity contribution >= 4 is 21.6 Å². The van der Waals surface area contributed by atoms with Crippen LogP contribution in [0, 0.1) is 0 Å². The molecule has 0 unspecified atom stereocenters. The summed E-state index contributed by atoms with van der Waals surface area (Å²) in [6.07, 6.45) is 6.87. The molecule has 0 radical (unpaired) electrons. The van der Waals surface area contributed by atoms with E-state index in [0.717, 1.165) is 22.7 Å². The fourth-order valence-corrected chi connectivity index (χ4v) is 3.26. The van der Waals surface area contributed by atoms with E-state index in [2.05, 4.69) is 40.0 Å². The van der Waals surface area contributed by atoms with Crippen LogP contribution in [0.15, 0.2) is 22.7 Å². The highest BCUT2D eigenvalue weighted by molar-refractivity contribution is 9.10. The van der Waals surface area contributed by atoms with E-state index in [0.29, 0.717) is 0 Å². The fourth-order valence-electron chi connectivity index (χ4n) is 2.71. The van der Waals surface area contributed by atoms with Crippen LogP contribution >= 0.6 is 15.9 Å². The van der Waals surface area contributed by atoms with Crippen LogP contribution in [0.5, 0.6) is 0 Å². The number of halogens is 1. The Hall–Kier alpha value is -0.540. The summed E-state index contributed by atoms with van der Waals surface area (Å²) in [5.74, 6) is 0. The van der Waals surface area contributed by atoms with Crippen LogP contribution in [0.4, 0.5) is 5.69 Å². The van der Waals surface area contributed by atoms with Crippen molar-refractivity contribution in [1.82, 2.24) is 4.90 Å². The standard InChI is InChI=1S/C14H21BrN2/c1-17(14-5-3-2-4-6-14)10-11-7-12(15)9-13(16)8-11/h7-9,14H,2-6,10,16H2,1H3. The summed E-state index contributed by atoms with van der Waals surface area (Å²) >= 11 is 3.50. The van der Waals surface area contributed by atoms with Crippen LogP contribution in [-0.2, 0) is 6.54 Å². The molecule has 0 spiro atoms. The Labute approximate surface area is 112 Å². The molecule has 2 N–H and O–H groups in total. The molecule has 2 nitrogen and oxygen atoms in total. The first-order valence-corrected chi connectivity index (χ1v) is 7.19. The molecule has 3 heteroatoms. The summed E-state index contributed by atoms with van der Waals surface area (Å²) < 4.78 is 1.07. The van der Waals surface area contributed by atoms with Gasteiger partial charge >= 0.3 is 0 Å². The largest absolute Gasteiger partial charge is 0.399 e. The molecule has 17 heavy (non-hydrogen) atoms. The molecule has 0 heterocycles. The zero-order valence-electron chi connectivity index (χ0n) is 10.5. The van der Waals surface area contributed by atoms with E-state index < -0.39 is 0 Å². The molecule has 0 saturated heterocycles. The number of hydrogen-bond donors (Lipinski definition) is 1. The molecule has 1 saturated carbocycles. The average molecular weight is 297 g/mol. The van der Waals surface area contributed by atoms with Crippen molar-refractivity contribution < 1.29 is 0 Å². The maximum atomic E-state index is 5.87. The van der Waals surface area contributed by atoms with Crippen LogP contribution in [0.25, 0.3) is 0 Å². The molecule has 1 aliphatic rings. The molecule has 0 aromatic heterocycles. The summed E-state index contributed by atoms with van der Waals surface area (Å²) in [7, 11) is 2.23. The minimum absolute atomic E-state index is 0.754. The van der Waals surface area contributed by atoms with E-state index in [1.54, 1.807) is 0 Å². The Bertz CT molecular complexity index is 352. The summed E-state index contributed by atoms with van der Waals surface area (Å²) in [6, 6.07) is 6.94. The predicted molar refractivity (Wildman–Crippen MR) is 76.9 cm³/mol. The van der Waals surface area contributed by atoms with Crippen molar-refractivity contribution in [3.63, 3.8) is 0 Å². The summed E-state index contributed by atoms with van der Waals surface area (Å²) in [5.41, 5.74) is 8.00. The molecule has 2 rings (SSSR count). The number of anilines is 1. The monoisotopic (exact) mass is 296 g/mol. The van der Waals surface area contributed by atoms with Crippen molar-refractivity contribution in [3.8, 4) is 0 Å². The fraction of sp³-hybridized carbons (Fsp3) is 0.571. The van der Waals surface area contributed by atoms with Crippen molar-refractivity contribution in [3.05, 3.63) is 28.2 Å². The first kappa shape index (κ1) is 12.9. The van der Waals surface area contributed by atoms with Gasteiger partial charge in [0, 0.05) is 22.7 Å². The van der Waals surface area contributed by atoms with Gasteiger partial charge in [0.25, 0.3) is 0 Å². The third-order valence-corrected chi connectivity index (χ3v) is 4.07. The zero-order chi connectivity index (χ0) is 12.3. The van der Waals surface area contributed by atoms with Crippen LogP contribution in [-0.4, -0.2) is 18.0 Å². The van der Waals surface area contributed by atoms with Gasteiger partial charge in [-0.3, -0.25) is 4.90 Å². The quantitative estimate of drug-likeness (QED) is 0.860. The Morgan fingerprint density at radius 2 is 1.94 bits per heavy atom. The third kappa shape index (κ3) is 3.71. The van der Waals surface area contributed by atoms with E-state index in [-0.39, 0.29) is 0 Å². The number of hydrogen-bond acceptors (Lipinski definition) is 2. The normalized spacial score (nSPS) is 17.6. The number of benzene rings is 1. The maximum absolute atomic E-state index is 5.87. The third-order valence-electron chi connectivity index (χ3n) is 3.61. The van der Waals surface area contributed by atoms with Gasteiger partial charge in [-0.15, -0.1) is 0 Å². The lowest BCUT2D eigenvalue weighted by Crippen LogP contribution is -2.32. The van der Waals surface area contributed by atoms with Gasteiger partial charge < -0.3 is 5.73 Å². The minimum Gasteiger partial charge on any atom is -0.399 e. The Kier molecular flexibility index (Phi) is 4.46. The van der Waals surface area contributed by atoms with E-state index in [1.807, 2.05) is 6.07 Å². The average Bonchev–Trinajstić information content (AvgIpc) is 2.28. The molecule has 1 fully saturated rings. The van der Waals surface area contributed by atoms with Gasteiger partial charge in [0.05, 0.1) is 0 Å². The van der Waals surface area contributed by atoms with Gasteiger partial charge in [0.15, 0.2) is 0 Å². The summed E-state index contributed by atoms with van der Waals surface area (Å²) in [5, 5.41) is 0. The van der Waals surface area contributed by atoms with Gasteiger partial charge in [-0.1, -0.05) is 35.2 Å². The van der Waals surface area contributed by atoms with Crippen LogP contribution in [0.3, 0.4) is 0 Å². The summed E-state index contributed by atoms with van der Waals surface area (Å²) in [6.45, 7) is 0.994. The van der Waals surface area contributed by atoms with Crippen LogP contribution < -0.4 is 5.73 Å². The molecule has 1 aromatic rings. The van der Waals surface area contributed by atoms with Crippen molar-refractivity contribution in [1.29, 1.82) is 0 Å². The molecular weight excluding hydrogens is 276 g/mol. The van der Waals surface area contributed by atoms with Crippen LogP contribution in [0.2, 0.25) is 0 Å². The predicted octanol–water partition coefficient (Wildman–Crippen LogP) is 3.80. The maximum Gasteiger partial charge on any atom is 0.0328 e. The Balaban J connectivity index is 1.99. The van der Waals surface area contributed by atoms with Crippen LogP contribution in [0.1, 0.15) is 37.7 Å². The SMILES string of the molecule is CN(Cc1cc(N)cc(Br)c1)C1CCCCC1. The Morgan fingerprint density at radius 1 is 1.24 bits per heavy atom. The number of nitrogen functional groups attached to an aromatic ring is 1. The second-order valence-corrected chi connectivity index (χ2v) is 6.02. The second-order valence-electron chi connectivity index (χ2n) is 5.10. The number of nitrogens with zero attached hydrogens (tertiary/aromatic N) is 1. The van der Waals surface area contributed by atoms with Gasteiger partial charge in [0.1, 0.15) is 0 Å². The van der Waals surface area contributed by atoms with Crippen molar-refractivity contribution in [2.45, 2.75) is 44.7 Å². The smallest absolute Gasteiger partial charge is 0.0328 e. The highest BCUT2D eigenvalue weighted by Crippen LogP contribution is 2.24. The second kappa shape index (κ2) is 5.87. The van der Waals surface area contributed by atoms with Crippen molar-refractivity contribution in [2.24, 2.45) is 0 Å². The highest BCUT2D eigenvalue weighted by atomic mass is 79.9. The zero-order valence-corrected chi connectivity index (χ0v) is 12.0. The van der Waals surface area contributed by atoms with Gasteiger partial charge in [-0.2, -0.15) is 0 Å². The van der Waals surface area contributed by atoms with E-state index >= 15 is 0 Å². The van der Waals surface area contributed by atoms with E-state index in [9.17, 15) is 0 Å². The molecule has 1 aliphatic carbocycles. The lowest BCUT2D eigenvalue weighted by Gasteiger charge is -2.31. The lowest BCUT2D eigenvalue weighted by atomic mass is 9.94. The summed E-state index contributed by atoms with van der Waals surface area (Å²) in [4.78, 5) is 2.47.